The van der Waals surface area contributed by atoms with Crippen LogP contribution >= 0.6 is 11.6 Å². The maximum absolute atomic E-state index is 5.76. The molecule has 0 saturated heterocycles. The van der Waals surface area contributed by atoms with E-state index in [4.69, 9.17) is 22.1 Å². The minimum atomic E-state index is 0.369. The van der Waals surface area contributed by atoms with Crippen molar-refractivity contribution in [3.8, 4) is 5.88 Å². The molecule has 0 fully saturated rings. The van der Waals surface area contributed by atoms with Crippen LogP contribution in [0.4, 0.5) is 5.69 Å². The van der Waals surface area contributed by atoms with Crippen molar-refractivity contribution in [2.75, 3.05) is 12.3 Å². The molecule has 0 amide bonds. The zero-order chi connectivity index (χ0) is 11.3. The third-order valence-corrected chi connectivity index (χ3v) is 2.28. The Balaban J connectivity index is 2.50. The lowest BCUT2D eigenvalue weighted by Gasteiger charge is -2.11. The number of nitrogens with zero attached hydrogens (tertiary/aromatic N) is 1. The Morgan fingerprint density at radius 2 is 2.27 bits per heavy atom. The Hall–Kier alpha value is -0.960. The highest BCUT2D eigenvalue weighted by Gasteiger charge is 2.04. The lowest BCUT2D eigenvalue weighted by Crippen LogP contribution is -2.09. The van der Waals surface area contributed by atoms with Gasteiger partial charge in [-0.2, -0.15) is 0 Å². The molecule has 3 nitrogen and oxygen atoms in total. The maximum Gasteiger partial charge on any atom is 0.216 e. The van der Waals surface area contributed by atoms with Gasteiger partial charge in [-0.3, -0.25) is 0 Å². The van der Waals surface area contributed by atoms with Crippen LogP contribution < -0.4 is 10.5 Å². The Bertz CT molecular complexity index is 297. The van der Waals surface area contributed by atoms with Gasteiger partial charge >= 0.3 is 0 Å². The molecule has 0 aliphatic carbocycles. The van der Waals surface area contributed by atoms with E-state index in [2.05, 4.69) is 18.8 Å². The van der Waals surface area contributed by atoms with Crippen LogP contribution in [-0.2, 0) is 0 Å². The van der Waals surface area contributed by atoms with E-state index >= 15 is 0 Å². The first-order valence-electron chi connectivity index (χ1n) is 5.17. The quantitative estimate of drug-likeness (QED) is 0.788. The number of ether oxygens (including phenoxy) is 1. The van der Waals surface area contributed by atoms with Gasteiger partial charge in [0, 0.05) is 11.8 Å². The van der Waals surface area contributed by atoms with E-state index in [1.54, 1.807) is 12.1 Å². The summed E-state index contributed by atoms with van der Waals surface area (Å²) in [4.78, 5) is 4.03. The molecule has 4 heteroatoms. The summed E-state index contributed by atoms with van der Waals surface area (Å²) in [6, 6.07) is 3.29. The smallest absolute Gasteiger partial charge is 0.216 e. The molecule has 1 heterocycles. The van der Waals surface area contributed by atoms with Crippen molar-refractivity contribution in [2.24, 2.45) is 5.92 Å². The molecule has 0 bridgehead atoms. The molecule has 0 spiro atoms. The molecule has 1 atom stereocenters. The fourth-order valence-corrected chi connectivity index (χ4v) is 1.58. The second kappa shape index (κ2) is 5.81. The second-order valence-electron chi connectivity index (χ2n) is 3.77. The predicted molar refractivity (Wildman–Crippen MR) is 63.2 cm³/mol. The third-order valence-electron chi connectivity index (χ3n) is 2.09. The van der Waals surface area contributed by atoms with Gasteiger partial charge < -0.3 is 10.5 Å². The van der Waals surface area contributed by atoms with Crippen LogP contribution in [0.1, 0.15) is 26.7 Å². The normalized spacial score (nSPS) is 12.5. The molecule has 0 aromatic carbocycles. The van der Waals surface area contributed by atoms with Crippen molar-refractivity contribution in [1.29, 1.82) is 0 Å². The number of aromatic nitrogens is 1. The molecule has 0 saturated carbocycles. The van der Waals surface area contributed by atoms with Crippen LogP contribution in [0, 0.1) is 5.92 Å². The summed E-state index contributed by atoms with van der Waals surface area (Å²) in [5, 5.41) is 0.369. The van der Waals surface area contributed by atoms with Crippen LogP contribution in [0.2, 0.25) is 5.15 Å². The van der Waals surface area contributed by atoms with Crippen LogP contribution in [0.25, 0.3) is 0 Å². The predicted octanol–water partition coefficient (Wildman–Crippen LogP) is 3.13. The van der Waals surface area contributed by atoms with Gasteiger partial charge in [0.25, 0.3) is 0 Å². The Kier molecular flexibility index (Phi) is 4.69. The monoisotopic (exact) mass is 228 g/mol. The molecule has 1 unspecified atom stereocenters. The van der Waals surface area contributed by atoms with Crippen LogP contribution in [0.5, 0.6) is 5.88 Å². The maximum atomic E-state index is 5.76. The van der Waals surface area contributed by atoms with Crippen molar-refractivity contribution >= 4 is 17.3 Å². The molecule has 1 aromatic rings. The first kappa shape index (κ1) is 12.1. The molecule has 15 heavy (non-hydrogen) atoms. The highest BCUT2D eigenvalue weighted by Crippen LogP contribution is 2.18. The summed E-state index contributed by atoms with van der Waals surface area (Å²) in [6.07, 6.45) is 2.31. The number of hydrogen-bond donors (Lipinski definition) is 1. The van der Waals surface area contributed by atoms with E-state index in [0.29, 0.717) is 29.2 Å². The first-order chi connectivity index (χ1) is 7.11. The van der Waals surface area contributed by atoms with E-state index in [9.17, 15) is 0 Å². The number of nitrogens with two attached hydrogens (primary N) is 1. The highest BCUT2D eigenvalue weighted by molar-refractivity contribution is 6.29. The number of pyridine rings is 1. The van der Waals surface area contributed by atoms with E-state index < -0.39 is 0 Å². The number of anilines is 1. The summed E-state index contributed by atoms with van der Waals surface area (Å²) < 4.78 is 5.51. The van der Waals surface area contributed by atoms with Gasteiger partial charge in [-0.15, -0.1) is 0 Å². The zero-order valence-corrected chi connectivity index (χ0v) is 9.92. The van der Waals surface area contributed by atoms with Crippen molar-refractivity contribution in [3.05, 3.63) is 17.3 Å². The molecule has 0 aliphatic heterocycles. The van der Waals surface area contributed by atoms with Gasteiger partial charge in [0.2, 0.25) is 5.88 Å². The summed E-state index contributed by atoms with van der Waals surface area (Å²) in [5.74, 6) is 1.03. The minimum Gasteiger partial charge on any atom is -0.477 e. The molecule has 0 aliphatic rings. The van der Waals surface area contributed by atoms with Gasteiger partial charge in [0.15, 0.2) is 0 Å². The number of nitrogen functional groups attached to an aromatic ring is 1. The van der Waals surface area contributed by atoms with Crippen LogP contribution in [0.3, 0.4) is 0 Å². The summed E-state index contributed by atoms with van der Waals surface area (Å²) >= 11 is 5.76. The topological polar surface area (TPSA) is 48.1 Å². The highest BCUT2D eigenvalue weighted by atomic mass is 35.5. The molecular weight excluding hydrogens is 212 g/mol. The van der Waals surface area contributed by atoms with Gasteiger partial charge in [0.1, 0.15) is 5.15 Å². The largest absolute Gasteiger partial charge is 0.477 e. The van der Waals surface area contributed by atoms with Gasteiger partial charge in [-0.25, -0.2) is 4.98 Å². The number of hydrogen-bond acceptors (Lipinski definition) is 3. The van der Waals surface area contributed by atoms with Crippen molar-refractivity contribution in [2.45, 2.75) is 26.7 Å². The third kappa shape index (κ3) is 4.38. The van der Waals surface area contributed by atoms with Crippen molar-refractivity contribution < 1.29 is 4.74 Å². The van der Waals surface area contributed by atoms with Crippen LogP contribution in [0.15, 0.2) is 12.1 Å². The summed E-state index contributed by atoms with van der Waals surface area (Å²) in [7, 11) is 0. The van der Waals surface area contributed by atoms with E-state index in [1.165, 1.54) is 0 Å². The minimum absolute atomic E-state index is 0.369. The number of halogens is 1. The van der Waals surface area contributed by atoms with Gasteiger partial charge in [0.05, 0.1) is 6.61 Å². The Morgan fingerprint density at radius 3 is 2.87 bits per heavy atom. The summed E-state index contributed by atoms with van der Waals surface area (Å²) in [6.45, 7) is 4.96. The summed E-state index contributed by atoms with van der Waals surface area (Å²) in [5.41, 5.74) is 6.20. The van der Waals surface area contributed by atoms with Gasteiger partial charge in [-0.05, 0) is 18.4 Å². The SMILES string of the molecule is CCCC(C)COc1cc(N)cc(Cl)n1. The van der Waals surface area contributed by atoms with E-state index in [1.807, 2.05) is 0 Å². The Morgan fingerprint density at radius 1 is 1.53 bits per heavy atom. The average molecular weight is 229 g/mol. The molecular formula is C11H17ClN2O. The number of rotatable bonds is 5. The Labute approximate surface area is 95.6 Å². The van der Waals surface area contributed by atoms with Crippen LogP contribution in [-0.4, -0.2) is 11.6 Å². The van der Waals surface area contributed by atoms with Crippen molar-refractivity contribution in [3.63, 3.8) is 0 Å². The van der Waals surface area contributed by atoms with E-state index in [-0.39, 0.29) is 0 Å². The standard InChI is InChI=1S/C11H17ClN2O/c1-3-4-8(2)7-15-11-6-9(13)5-10(12)14-11/h5-6,8H,3-4,7H2,1-2H3,(H2,13,14). The van der Waals surface area contributed by atoms with Gasteiger partial charge in [-0.1, -0.05) is 31.9 Å². The molecule has 84 valence electrons. The molecule has 0 radical (unpaired) electrons. The van der Waals surface area contributed by atoms with E-state index in [0.717, 1.165) is 12.8 Å². The zero-order valence-electron chi connectivity index (χ0n) is 9.16. The lowest BCUT2D eigenvalue weighted by atomic mass is 10.1. The molecule has 1 aromatic heterocycles. The van der Waals surface area contributed by atoms with Crippen molar-refractivity contribution in [1.82, 2.24) is 4.98 Å². The fourth-order valence-electron chi connectivity index (χ4n) is 1.37. The average Bonchev–Trinajstić information content (AvgIpc) is 2.14. The lowest BCUT2D eigenvalue weighted by molar-refractivity contribution is 0.243. The second-order valence-corrected chi connectivity index (χ2v) is 4.15. The molecule has 2 N–H and O–H groups in total. The molecule has 1 rings (SSSR count). The fraction of sp³-hybridized carbons (Fsp3) is 0.545. The first-order valence-corrected chi connectivity index (χ1v) is 5.55.